The summed E-state index contributed by atoms with van der Waals surface area (Å²) in [6.07, 6.45) is 0.827. The van der Waals surface area contributed by atoms with Gasteiger partial charge in [0.05, 0.1) is 13.7 Å². The molecule has 2 aromatic carbocycles. The monoisotopic (exact) mass is 354 g/mol. The third-order valence-corrected chi connectivity index (χ3v) is 3.95. The van der Waals surface area contributed by atoms with Crippen LogP contribution in [-0.2, 0) is 17.8 Å². The van der Waals surface area contributed by atoms with Crippen molar-refractivity contribution >= 4 is 11.8 Å². The Balaban J connectivity index is 1.84. The van der Waals surface area contributed by atoms with Crippen molar-refractivity contribution in [3.8, 4) is 5.75 Å². The van der Waals surface area contributed by atoms with Gasteiger partial charge in [0.1, 0.15) is 5.75 Å². The van der Waals surface area contributed by atoms with Crippen LogP contribution in [0, 0.1) is 5.92 Å². The summed E-state index contributed by atoms with van der Waals surface area (Å²) < 4.78 is 5.10. The Labute approximate surface area is 154 Å². The highest BCUT2D eigenvalue weighted by Crippen LogP contribution is 2.14. The SMILES string of the molecule is COc1ccc(CNC(=O)CNC(=O)c2ccccc2CC(C)C)cc1. The molecule has 5 heteroatoms. The van der Waals surface area contributed by atoms with Crippen LogP contribution in [0.5, 0.6) is 5.75 Å². The number of hydrogen-bond donors (Lipinski definition) is 2. The Morgan fingerprint density at radius 1 is 1.00 bits per heavy atom. The van der Waals surface area contributed by atoms with Crippen molar-refractivity contribution in [2.45, 2.75) is 26.8 Å². The summed E-state index contributed by atoms with van der Waals surface area (Å²) in [4.78, 5) is 24.4. The number of nitrogens with one attached hydrogen (secondary N) is 2. The van der Waals surface area contributed by atoms with E-state index in [-0.39, 0.29) is 18.4 Å². The molecule has 0 aliphatic carbocycles. The Morgan fingerprint density at radius 2 is 1.69 bits per heavy atom. The van der Waals surface area contributed by atoms with E-state index in [0.717, 1.165) is 23.3 Å². The lowest BCUT2D eigenvalue weighted by atomic mass is 9.97. The fourth-order valence-corrected chi connectivity index (χ4v) is 2.62. The smallest absolute Gasteiger partial charge is 0.251 e. The first kappa shape index (κ1) is 19.5. The minimum Gasteiger partial charge on any atom is -0.497 e. The molecule has 0 aromatic heterocycles. The molecule has 2 N–H and O–H groups in total. The highest BCUT2D eigenvalue weighted by Gasteiger charge is 2.13. The van der Waals surface area contributed by atoms with E-state index in [1.165, 1.54) is 0 Å². The standard InChI is InChI=1S/C21H26N2O3/c1-15(2)12-17-6-4-5-7-19(17)21(25)23-14-20(24)22-13-16-8-10-18(26-3)11-9-16/h4-11,15H,12-14H2,1-3H3,(H,22,24)(H,23,25). The maximum absolute atomic E-state index is 12.4. The molecular weight excluding hydrogens is 328 g/mol. The van der Waals surface area contributed by atoms with Gasteiger partial charge in [-0.05, 0) is 41.7 Å². The predicted octanol–water partition coefficient (Wildman–Crippen LogP) is 2.94. The third kappa shape index (κ3) is 5.92. The number of carbonyl (C=O) groups excluding carboxylic acids is 2. The minimum absolute atomic E-state index is 0.0506. The van der Waals surface area contributed by atoms with E-state index in [2.05, 4.69) is 24.5 Å². The Morgan fingerprint density at radius 3 is 2.35 bits per heavy atom. The third-order valence-electron chi connectivity index (χ3n) is 3.95. The molecule has 2 amide bonds. The average Bonchev–Trinajstić information content (AvgIpc) is 2.64. The zero-order valence-corrected chi connectivity index (χ0v) is 15.5. The second kappa shape index (κ2) is 9.61. The topological polar surface area (TPSA) is 67.4 Å². The van der Waals surface area contributed by atoms with Crippen LogP contribution >= 0.6 is 0 Å². The second-order valence-corrected chi connectivity index (χ2v) is 6.56. The van der Waals surface area contributed by atoms with Gasteiger partial charge in [0.2, 0.25) is 5.91 Å². The van der Waals surface area contributed by atoms with Crippen molar-refractivity contribution in [2.24, 2.45) is 5.92 Å². The fourth-order valence-electron chi connectivity index (χ4n) is 2.62. The zero-order valence-electron chi connectivity index (χ0n) is 15.5. The molecule has 0 saturated carbocycles. The largest absolute Gasteiger partial charge is 0.497 e. The maximum atomic E-state index is 12.4. The number of carbonyl (C=O) groups is 2. The van der Waals surface area contributed by atoms with Crippen molar-refractivity contribution in [3.63, 3.8) is 0 Å². The number of hydrogen-bond acceptors (Lipinski definition) is 3. The van der Waals surface area contributed by atoms with Crippen molar-refractivity contribution in [3.05, 3.63) is 65.2 Å². The summed E-state index contributed by atoms with van der Waals surface area (Å²) in [6.45, 7) is 4.58. The first-order valence-electron chi connectivity index (χ1n) is 8.75. The van der Waals surface area contributed by atoms with Crippen molar-refractivity contribution in [1.82, 2.24) is 10.6 Å². The van der Waals surface area contributed by atoms with Gasteiger partial charge in [0, 0.05) is 12.1 Å². The molecular formula is C21H26N2O3. The zero-order chi connectivity index (χ0) is 18.9. The molecule has 0 heterocycles. The lowest BCUT2D eigenvalue weighted by Crippen LogP contribution is -2.37. The summed E-state index contributed by atoms with van der Waals surface area (Å²) >= 11 is 0. The van der Waals surface area contributed by atoms with Crippen LogP contribution in [0.1, 0.15) is 35.3 Å². The molecule has 26 heavy (non-hydrogen) atoms. The molecule has 0 fully saturated rings. The van der Waals surface area contributed by atoms with Crippen molar-refractivity contribution < 1.29 is 14.3 Å². The van der Waals surface area contributed by atoms with E-state index in [0.29, 0.717) is 18.0 Å². The van der Waals surface area contributed by atoms with Gasteiger partial charge in [-0.1, -0.05) is 44.2 Å². The average molecular weight is 354 g/mol. The molecule has 0 bridgehead atoms. The summed E-state index contributed by atoms with van der Waals surface area (Å²) in [5, 5.41) is 5.49. The molecule has 5 nitrogen and oxygen atoms in total. The van der Waals surface area contributed by atoms with Crippen LogP contribution in [0.4, 0.5) is 0 Å². The molecule has 0 unspecified atom stereocenters. The molecule has 0 spiro atoms. The van der Waals surface area contributed by atoms with Gasteiger partial charge < -0.3 is 15.4 Å². The van der Waals surface area contributed by atoms with Crippen LogP contribution in [0.3, 0.4) is 0 Å². The normalized spacial score (nSPS) is 10.5. The Bertz CT molecular complexity index is 739. The van der Waals surface area contributed by atoms with E-state index in [9.17, 15) is 9.59 Å². The number of amides is 2. The molecule has 0 aliphatic rings. The predicted molar refractivity (Wildman–Crippen MR) is 102 cm³/mol. The van der Waals surface area contributed by atoms with E-state index in [1.807, 2.05) is 42.5 Å². The van der Waals surface area contributed by atoms with Gasteiger partial charge in [-0.2, -0.15) is 0 Å². The van der Waals surface area contributed by atoms with E-state index < -0.39 is 0 Å². The van der Waals surface area contributed by atoms with Gasteiger partial charge in [-0.25, -0.2) is 0 Å². The van der Waals surface area contributed by atoms with Crippen LogP contribution < -0.4 is 15.4 Å². The molecule has 0 radical (unpaired) electrons. The second-order valence-electron chi connectivity index (χ2n) is 6.56. The lowest BCUT2D eigenvalue weighted by Gasteiger charge is -2.12. The van der Waals surface area contributed by atoms with Crippen LogP contribution in [0.2, 0.25) is 0 Å². The van der Waals surface area contributed by atoms with Gasteiger partial charge in [-0.15, -0.1) is 0 Å². The van der Waals surface area contributed by atoms with E-state index in [4.69, 9.17) is 4.74 Å². The Hall–Kier alpha value is -2.82. The number of ether oxygens (including phenoxy) is 1. The lowest BCUT2D eigenvalue weighted by molar-refractivity contribution is -0.120. The number of rotatable bonds is 8. The van der Waals surface area contributed by atoms with Gasteiger partial charge in [-0.3, -0.25) is 9.59 Å². The quantitative estimate of drug-likeness (QED) is 0.766. The van der Waals surface area contributed by atoms with E-state index >= 15 is 0 Å². The Kier molecular flexibility index (Phi) is 7.21. The summed E-state index contributed by atoms with van der Waals surface area (Å²) in [7, 11) is 1.61. The molecule has 0 atom stereocenters. The number of methoxy groups -OCH3 is 1. The van der Waals surface area contributed by atoms with E-state index in [1.54, 1.807) is 13.2 Å². The van der Waals surface area contributed by atoms with Crippen molar-refractivity contribution in [2.75, 3.05) is 13.7 Å². The van der Waals surface area contributed by atoms with Crippen molar-refractivity contribution in [1.29, 1.82) is 0 Å². The van der Waals surface area contributed by atoms with Crippen LogP contribution in [0.15, 0.2) is 48.5 Å². The summed E-state index contributed by atoms with van der Waals surface area (Å²) in [5.74, 6) is 0.778. The number of benzene rings is 2. The highest BCUT2D eigenvalue weighted by molar-refractivity contribution is 5.97. The minimum atomic E-state index is -0.226. The van der Waals surface area contributed by atoms with Gasteiger partial charge in [0.15, 0.2) is 0 Å². The molecule has 0 aliphatic heterocycles. The highest BCUT2D eigenvalue weighted by atomic mass is 16.5. The van der Waals surface area contributed by atoms with Gasteiger partial charge in [0.25, 0.3) is 5.91 Å². The van der Waals surface area contributed by atoms with Crippen LogP contribution in [-0.4, -0.2) is 25.5 Å². The fraction of sp³-hybridized carbons (Fsp3) is 0.333. The molecule has 2 aromatic rings. The summed E-state index contributed by atoms with van der Waals surface area (Å²) in [5.41, 5.74) is 2.59. The summed E-state index contributed by atoms with van der Waals surface area (Å²) in [6, 6.07) is 15.0. The van der Waals surface area contributed by atoms with Crippen LogP contribution in [0.25, 0.3) is 0 Å². The van der Waals surface area contributed by atoms with Gasteiger partial charge >= 0.3 is 0 Å². The molecule has 138 valence electrons. The molecule has 0 saturated heterocycles. The first-order valence-corrected chi connectivity index (χ1v) is 8.75. The first-order chi connectivity index (χ1) is 12.5. The maximum Gasteiger partial charge on any atom is 0.251 e. The molecule has 2 rings (SSSR count).